The van der Waals surface area contributed by atoms with Crippen LogP contribution in [0.1, 0.15) is 20.8 Å². The van der Waals surface area contributed by atoms with Crippen LogP contribution in [0.2, 0.25) is 0 Å². The van der Waals surface area contributed by atoms with Crippen LogP contribution in [0.15, 0.2) is 27.4 Å². The van der Waals surface area contributed by atoms with E-state index in [4.69, 9.17) is 13.9 Å². The number of hydrogen-bond acceptors (Lipinski definition) is 6. The van der Waals surface area contributed by atoms with E-state index >= 15 is 0 Å². The average Bonchev–Trinajstić information content (AvgIpc) is 2.32. The Morgan fingerprint density at radius 3 is 2.60 bits per heavy atom. The summed E-state index contributed by atoms with van der Waals surface area (Å²) in [6, 6.07) is 4.24. The lowest BCUT2D eigenvalue weighted by molar-refractivity contribution is -0.132. The fourth-order valence-corrected chi connectivity index (χ4v) is 1.73. The minimum absolute atomic E-state index is 0.0450. The Hall–Kier alpha value is -2.50. The van der Waals surface area contributed by atoms with Crippen molar-refractivity contribution in [1.82, 2.24) is 0 Å². The van der Waals surface area contributed by atoms with Crippen LogP contribution in [-0.2, 0) is 4.79 Å². The Morgan fingerprint density at radius 2 is 2.00 bits per heavy atom. The molecule has 0 radical (unpaired) electrons. The predicted octanol–water partition coefficient (Wildman–Crippen LogP) is 2.21. The van der Waals surface area contributed by atoms with E-state index in [0.29, 0.717) is 5.39 Å². The van der Waals surface area contributed by atoms with Crippen molar-refractivity contribution in [3.8, 4) is 17.2 Å². The molecular formula is C14H14O6. The van der Waals surface area contributed by atoms with E-state index in [0.717, 1.165) is 0 Å². The number of hydrogen-bond donors (Lipinski definition) is 1. The largest absolute Gasteiger partial charge is 0.508 e. The average molecular weight is 278 g/mol. The smallest absolute Gasteiger partial charge is 0.383 e. The number of phenolic OH excluding ortho intramolecular Hbond substituents is 1. The Balaban J connectivity index is 2.76. The van der Waals surface area contributed by atoms with E-state index in [9.17, 15) is 14.7 Å². The van der Waals surface area contributed by atoms with Crippen molar-refractivity contribution in [2.24, 2.45) is 0 Å². The number of aromatic hydroxyl groups is 1. The predicted molar refractivity (Wildman–Crippen MR) is 71.2 cm³/mol. The first-order chi connectivity index (χ1) is 9.38. The molecule has 1 N–H and O–H groups in total. The number of fused-ring (bicyclic) bond motifs is 1. The summed E-state index contributed by atoms with van der Waals surface area (Å²) in [6.07, 6.45) is -0.233. The van der Waals surface area contributed by atoms with Crippen LogP contribution in [0.5, 0.6) is 17.2 Å². The minimum atomic E-state index is -0.839. The van der Waals surface area contributed by atoms with E-state index in [-0.39, 0.29) is 28.9 Å². The van der Waals surface area contributed by atoms with E-state index in [1.807, 2.05) is 0 Å². The Morgan fingerprint density at radius 1 is 1.30 bits per heavy atom. The fourth-order valence-electron chi connectivity index (χ4n) is 1.73. The molecule has 0 atom stereocenters. The number of esters is 1. The van der Waals surface area contributed by atoms with Crippen molar-refractivity contribution >= 4 is 16.9 Å². The highest BCUT2D eigenvalue weighted by atomic mass is 16.6. The molecule has 2 aromatic rings. The lowest BCUT2D eigenvalue weighted by atomic mass is 10.2. The van der Waals surface area contributed by atoms with E-state index in [2.05, 4.69) is 0 Å². The van der Waals surface area contributed by atoms with Crippen molar-refractivity contribution in [2.45, 2.75) is 26.9 Å². The zero-order chi connectivity index (χ0) is 14.9. The highest BCUT2D eigenvalue weighted by Gasteiger charge is 2.20. The van der Waals surface area contributed by atoms with Crippen molar-refractivity contribution in [1.29, 1.82) is 0 Å². The van der Waals surface area contributed by atoms with Crippen LogP contribution in [0.25, 0.3) is 11.0 Å². The van der Waals surface area contributed by atoms with Gasteiger partial charge in [-0.15, -0.1) is 0 Å². The third kappa shape index (κ3) is 2.74. The van der Waals surface area contributed by atoms with Gasteiger partial charge in [0.15, 0.2) is 5.75 Å². The zero-order valence-corrected chi connectivity index (χ0v) is 11.3. The summed E-state index contributed by atoms with van der Waals surface area (Å²) < 4.78 is 15.5. The van der Waals surface area contributed by atoms with Crippen LogP contribution >= 0.6 is 0 Å². The van der Waals surface area contributed by atoms with Gasteiger partial charge in [-0.3, -0.25) is 4.79 Å². The molecule has 0 saturated carbocycles. The van der Waals surface area contributed by atoms with Crippen molar-refractivity contribution < 1.29 is 23.8 Å². The monoisotopic (exact) mass is 278 g/mol. The number of carbonyl (C=O) groups excluding carboxylic acids is 1. The first-order valence-corrected chi connectivity index (χ1v) is 6.03. The van der Waals surface area contributed by atoms with Crippen LogP contribution in [0.4, 0.5) is 0 Å². The zero-order valence-electron chi connectivity index (χ0n) is 11.3. The number of benzene rings is 1. The lowest BCUT2D eigenvalue weighted by Gasteiger charge is -2.14. The standard InChI is InChI=1S/C14H14O6/c1-7(2)18-12-10-5-4-9(16)6-11(10)20-14(17)13(12)19-8(3)15/h4-7,16H,1-3H3. The third-order valence-electron chi connectivity index (χ3n) is 2.40. The SMILES string of the molecule is CC(=O)Oc1c(OC(C)C)c2ccc(O)cc2oc1=O. The molecule has 6 nitrogen and oxygen atoms in total. The van der Waals surface area contributed by atoms with Crippen LogP contribution in [0, 0.1) is 0 Å². The number of rotatable bonds is 3. The summed E-state index contributed by atoms with van der Waals surface area (Å²) in [7, 11) is 0. The van der Waals surface area contributed by atoms with Crippen molar-refractivity contribution in [3.05, 3.63) is 28.6 Å². The molecule has 1 aromatic heterocycles. The summed E-state index contributed by atoms with van der Waals surface area (Å²) in [5.41, 5.74) is -0.685. The Labute approximate surface area is 114 Å². The van der Waals surface area contributed by atoms with E-state index in [1.54, 1.807) is 13.8 Å². The molecule has 0 aliphatic rings. The second-order valence-corrected chi connectivity index (χ2v) is 4.49. The molecule has 2 rings (SSSR count). The normalized spacial score (nSPS) is 10.8. The number of phenols is 1. The molecule has 0 amide bonds. The van der Waals surface area contributed by atoms with Gasteiger partial charge in [0.25, 0.3) is 5.75 Å². The maximum atomic E-state index is 11.9. The van der Waals surface area contributed by atoms with E-state index in [1.165, 1.54) is 25.1 Å². The maximum Gasteiger partial charge on any atom is 0.383 e. The first-order valence-electron chi connectivity index (χ1n) is 6.03. The van der Waals surface area contributed by atoms with Gasteiger partial charge in [-0.05, 0) is 26.0 Å². The van der Waals surface area contributed by atoms with Gasteiger partial charge in [0, 0.05) is 13.0 Å². The molecule has 1 heterocycles. The molecule has 0 bridgehead atoms. The molecule has 0 spiro atoms. The summed E-state index contributed by atoms with van der Waals surface area (Å²) in [5, 5.41) is 9.86. The van der Waals surface area contributed by atoms with Gasteiger partial charge >= 0.3 is 11.6 Å². The second kappa shape index (κ2) is 5.24. The van der Waals surface area contributed by atoms with Gasteiger partial charge in [0.1, 0.15) is 11.3 Å². The van der Waals surface area contributed by atoms with Gasteiger partial charge in [-0.2, -0.15) is 0 Å². The molecule has 0 aliphatic heterocycles. The first kappa shape index (κ1) is 13.9. The topological polar surface area (TPSA) is 86.0 Å². The van der Waals surface area contributed by atoms with Crippen molar-refractivity contribution in [3.63, 3.8) is 0 Å². The van der Waals surface area contributed by atoms with Gasteiger partial charge in [0.05, 0.1) is 11.5 Å². The molecule has 1 aromatic carbocycles. The number of carbonyl (C=O) groups is 1. The summed E-state index contributed by atoms with van der Waals surface area (Å²) in [5.74, 6) is -0.855. The second-order valence-electron chi connectivity index (χ2n) is 4.49. The molecular weight excluding hydrogens is 264 g/mol. The fraction of sp³-hybridized carbons (Fsp3) is 0.286. The molecule has 0 saturated heterocycles. The summed E-state index contributed by atoms with van der Waals surface area (Å²) in [6.45, 7) is 4.73. The Kier molecular flexibility index (Phi) is 3.65. The minimum Gasteiger partial charge on any atom is -0.508 e. The van der Waals surface area contributed by atoms with Gasteiger partial charge < -0.3 is 19.0 Å². The molecule has 0 aliphatic carbocycles. The third-order valence-corrected chi connectivity index (χ3v) is 2.40. The lowest BCUT2D eigenvalue weighted by Crippen LogP contribution is -2.15. The molecule has 0 unspecified atom stereocenters. The molecule has 0 fully saturated rings. The quantitative estimate of drug-likeness (QED) is 0.684. The molecule has 6 heteroatoms. The highest BCUT2D eigenvalue weighted by molar-refractivity contribution is 5.87. The molecule has 20 heavy (non-hydrogen) atoms. The van der Waals surface area contributed by atoms with Crippen molar-refractivity contribution in [2.75, 3.05) is 0 Å². The van der Waals surface area contributed by atoms with Gasteiger partial charge in [0.2, 0.25) is 0 Å². The summed E-state index contributed by atoms with van der Waals surface area (Å²) in [4.78, 5) is 23.0. The summed E-state index contributed by atoms with van der Waals surface area (Å²) >= 11 is 0. The Bertz CT molecular complexity index is 713. The van der Waals surface area contributed by atoms with Gasteiger partial charge in [-0.25, -0.2) is 4.79 Å². The van der Waals surface area contributed by atoms with Crippen LogP contribution in [0.3, 0.4) is 0 Å². The number of ether oxygens (including phenoxy) is 2. The van der Waals surface area contributed by atoms with Gasteiger partial charge in [-0.1, -0.05) is 0 Å². The highest BCUT2D eigenvalue weighted by Crippen LogP contribution is 2.35. The van der Waals surface area contributed by atoms with E-state index < -0.39 is 11.6 Å². The maximum absolute atomic E-state index is 11.9. The molecule has 106 valence electrons. The van der Waals surface area contributed by atoms with Crippen LogP contribution in [-0.4, -0.2) is 17.2 Å². The van der Waals surface area contributed by atoms with Crippen LogP contribution < -0.4 is 15.1 Å².